The van der Waals surface area contributed by atoms with Crippen LogP contribution in [0.1, 0.15) is 20.3 Å². The number of carboxylic acids is 1. The van der Waals surface area contributed by atoms with E-state index >= 15 is 0 Å². The largest absolute Gasteiger partial charge is 0.481 e. The third-order valence-electron chi connectivity index (χ3n) is 2.89. The molecule has 110 valence electrons. The second kappa shape index (κ2) is 6.72. The number of carbonyl (C=O) groups is 2. The molecule has 0 bridgehead atoms. The smallest absolute Gasteiger partial charge is 0.317 e. The minimum atomic E-state index is -0.921. The number of aliphatic hydroxyl groups is 1. The Balaban J connectivity index is 2.25. The average molecular weight is 273 g/mol. The second-order valence-corrected chi connectivity index (χ2v) is 5.45. The van der Waals surface area contributed by atoms with Gasteiger partial charge in [0, 0.05) is 39.3 Å². The van der Waals surface area contributed by atoms with Gasteiger partial charge in [0.2, 0.25) is 0 Å². The van der Waals surface area contributed by atoms with Crippen molar-refractivity contribution in [1.29, 1.82) is 0 Å². The van der Waals surface area contributed by atoms with E-state index in [1.807, 2.05) is 0 Å². The first kappa shape index (κ1) is 15.7. The monoisotopic (exact) mass is 273 g/mol. The molecule has 0 radical (unpaired) electrons. The summed E-state index contributed by atoms with van der Waals surface area (Å²) >= 11 is 0. The molecule has 1 heterocycles. The highest BCUT2D eigenvalue weighted by molar-refractivity contribution is 5.75. The fourth-order valence-electron chi connectivity index (χ4n) is 2.04. The predicted octanol–water partition coefficient (Wildman–Crippen LogP) is -0.441. The molecular weight excluding hydrogens is 250 g/mol. The van der Waals surface area contributed by atoms with Crippen LogP contribution in [0.4, 0.5) is 4.79 Å². The third-order valence-corrected chi connectivity index (χ3v) is 2.89. The highest BCUT2D eigenvalue weighted by Gasteiger charge is 2.24. The van der Waals surface area contributed by atoms with E-state index in [0.717, 1.165) is 13.1 Å². The third kappa shape index (κ3) is 6.40. The molecule has 1 fully saturated rings. The maximum absolute atomic E-state index is 11.7. The first-order chi connectivity index (χ1) is 8.78. The van der Waals surface area contributed by atoms with Crippen molar-refractivity contribution in [2.75, 3.05) is 39.3 Å². The van der Waals surface area contributed by atoms with Crippen molar-refractivity contribution < 1.29 is 19.8 Å². The first-order valence-electron chi connectivity index (χ1n) is 6.47. The van der Waals surface area contributed by atoms with Crippen LogP contribution >= 0.6 is 0 Å². The van der Waals surface area contributed by atoms with Gasteiger partial charge in [-0.3, -0.25) is 9.69 Å². The van der Waals surface area contributed by atoms with Crippen LogP contribution in [0, 0.1) is 0 Å². The normalized spacial score (nSPS) is 17.3. The average Bonchev–Trinajstić information content (AvgIpc) is 2.27. The van der Waals surface area contributed by atoms with Crippen LogP contribution in [-0.2, 0) is 4.79 Å². The minimum Gasteiger partial charge on any atom is -0.481 e. The van der Waals surface area contributed by atoms with Gasteiger partial charge in [-0.2, -0.15) is 0 Å². The van der Waals surface area contributed by atoms with E-state index in [4.69, 9.17) is 5.11 Å². The lowest BCUT2D eigenvalue weighted by molar-refractivity contribution is -0.136. The maximum Gasteiger partial charge on any atom is 0.317 e. The van der Waals surface area contributed by atoms with Crippen molar-refractivity contribution >= 4 is 12.0 Å². The fraction of sp³-hybridized carbons (Fsp3) is 0.833. The Labute approximate surface area is 113 Å². The van der Waals surface area contributed by atoms with E-state index < -0.39 is 11.6 Å². The fourth-order valence-corrected chi connectivity index (χ4v) is 2.04. The zero-order valence-electron chi connectivity index (χ0n) is 11.6. The van der Waals surface area contributed by atoms with Gasteiger partial charge in [0.1, 0.15) is 0 Å². The van der Waals surface area contributed by atoms with Gasteiger partial charge in [-0.25, -0.2) is 4.79 Å². The van der Waals surface area contributed by atoms with Gasteiger partial charge in [0.05, 0.1) is 12.0 Å². The lowest BCUT2D eigenvalue weighted by Gasteiger charge is -2.37. The summed E-state index contributed by atoms with van der Waals surface area (Å²) in [4.78, 5) is 25.8. The Morgan fingerprint density at radius 1 is 1.21 bits per heavy atom. The highest BCUT2D eigenvalue weighted by Crippen LogP contribution is 2.08. The van der Waals surface area contributed by atoms with Gasteiger partial charge < -0.3 is 20.4 Å². The van der Waals surface area contributed by atoms with E-state index in [0.29, 0.717) is 19.6 Å². The van der Waals surface area contributed by atoms with Crippen LogP contribution in [0.5, 0.6) is 0 Å². The number of urea groups is 1. The number of carboxylic acid groups (broad SMARTS) is 1. The molecule has 1 aliphatic rings. The molecule has 7 nitrogen and oxygen atoms in total. The molecule has 3 N–H and O–H groups in total. The summed E-state index contributed by atoms with van der Waals surface area (Å²) in [5, 5.41) is 20.8. The van der Waals surface area contributed by atoms with Gasteiger partial charge in [-0.05, 0) is 13.8 Å². The van der Waals surface area contributed by atoms with E-state index in [9.17, 15) is 14.7 Å². The van der Waals surface area contributed by atoms with Crippen molar-refractivity contribution in [1.82, 2.24) is 15.1 Å². The van der Waals surface area contributed by atoms with Gasteiger partial charge in [0.15, 0.2) is 0 Å². The van der Waals surface area contributed by atoms with Gasteiger partial charge in [-0.15, -0.1) is 0 Å². The van der Waals surface area contributed by atoms with E-state index in [1.54, 1.807) is 18.7 Å². The van der Waals surface area contributed by atoms with Crippen molar-refractivity contribution in [2.24, 2.45) is 0 Å². The predicted molar refractivity (Wildman–Crippen MR) is 70.0 cm³/mol. The Bertz CT molecular complexity index is 319. The summed E-state index contributed by atoms with van der Waals surface area (Å²) in [5.41, 5.74) is -0.730. The molecule has 0 saturated carbocycles. The zero-order chi connectivity index (χ0) is 14.5. The van der Waals surface area contributed by atoms with Crippen molar-refractivity contribution in [3.63, 3.8) is 0 Å². The van der Waals surface area contributed by atoms with Crippen LogP contribution < -0.4 is 5.32 Å². The highest BCUT2D eigenvalue weighted by atomic mass is 16.4. The zero-order valence-corrected chi connectivity index (χ0v) is 11.6. The maximum atomic E-state index is 11.7. The number of hydrogen-bond donors (Lipinski definition) is 3. The molecule has 1 rings (SSSR count). The molecule has 0 spiro atoms. The summed E-state index contributed by atoms with van der Waals surface area (Å²) in [6, 6.07) is -0.218. The van der Waals surface area contributed by atoms with E-state index in [2.05, 4.69) is 10.2 Å². The lowest BCUT2D eigenvalue weighted by atomic mass is 10.1. The number of amides is 2. The first-order valence-corrected chi connectivity index (χ1v) is 6.47. The Hall–Kier alpha value is -1.34. The molecule has 0 aromatic heterocycles. The van der Waals surface area contributed by atoms with Gasteiger partial charge in [0.25, 0.3) is 0 Å². The van der Waals surface area contributed by atoms with Crippen LogP contribution in [0.2, 0.25) is 0 Å². The topological polar surface area (TPSA) is 93.1 Å². The molecule has 2 amide bonds. The molecule has 0 aromatic carbocycles. The van der Waals surface area contributed by atoms with E-state index in [1.165, 1.54) is 0 Å². The molecule has 0 atom stereocenters. The number of β-amino-alcohol motifs (C(OH)–C–C–N with tert-alkyl or cyclic N) is 1. The lowest BCUT2D eigenvalue weighted by Crippen LogP contribution is -2.54. The number of piperazine rings is 1. The molecule has 0 unspecified atom stereocenters. The number of nitrogens with zero attached hydrogens (tertiary/aromatic N) is 2. The van der Waals surface area contributed by atoms with Crippen LogP contribution in [0.3, 0.4) is 0 Å². The number of carbonyl (C=O) groups excluding carboxylic acids is 1. The summed E-state index contributed by atoms with van der Waals surface area (Å²) in [6.45, 7) is 6.88. The second-order valence-electron chi connectivity index (χ2n) is 5.45. The van der Waals surface area contributed by atoms with Crippen LogP contribution in [0.15, 0.2) is 0 Å². The van der Waals surface area contributed by atoms with E-state index in [-0.39, 0.29) is 19.0 Å². The molecule has 1 aliphatic heterocycles. The Kier molecular flexibility index (Phi) is 5.56. The van der Waals surface area contributed by atoms with Crippen LogP contribution in [-0.4, -0.2) is 76.9 Å². The number of hydrogen-bond acceptors (Lipinski definition) is 4. The summed E-state index contributed by atoms with van der Waals surface area (Å²) in [7, 11) is 0. The minimum absolute atomic E-state index is 0.0651. The number of aliphatic carboxylic acids is 1. The standard InChI is InChI=1S/C12H23N3O4/c1-12(2,19)9-14-5-7-15(8-6-14)11(18)13-4-3-10(16)17/h19H,3-9H2,1-2H3,(H,13,18)(H,16,17). The SMILES string of the molecule is CC(C)(O)CN1CCN(C(=O)NCCC(=O)O)CC1. The summed E-state index contributed by atoms with van der Waals surface area (Å²) in [5.74, 6) is -0.921. The van der Waals surface area contributed by atoms with Crippen molar-refractivity contribution in [3.05, 3.63) is 0 Å². The summed E-state index contributed by atoms with van der Waals surface area (Å²) < 4.78 is 0. The molecule has 19 heavy (non-hydrogen) atoms. The Morgan fingerprint density at radius 3 is 2.26 bits per heavy atom. The van der Waals surface area contributed by atoms with Crippen molar-refractivity contribution in [3.8, 4) is 0 Å². The quantitative estimate of drug-likeness (QED) is 0.631. The number of nitrogens with one attached hydrogen (secondary N) is 1. The molecule has 1 saturated heterocycles. The van der Waals surface area contributed by atoms with Crippen LogP contribution in [0.25, 0.3) is 0 Å². The summed E-state index contributed by atoms with van der Waals surface area (Å²) in [6.07, 6.45) is -0.0651. The molecule has 0 aliphatic carbocycles. The molecule has 7 heteroatoms. The van der Waals surface area contributed by atoms with Crippen molar-refractivity contribution in [2.45, 2.75) is 25.9 Å². The van der Waals surface area contributed by atoms with Gasteiger partial charge in [-0.1, -0.05) is 0 Å². The van der Waals surface area contributed by atoms with Gasteiger partial charge >= 0.3 is 12.0 Å². The number of rotatable bonds is 5. The Morgan fingerprint density at radius 2 is 1.79 bits per heavy atom. The molecular formula is C12H23N3O4. The molecule has 0 aromatic rings.